The average molecular weight is 289 g/mol. The standard InChI is InChI=1S/C19H31NO/c1-15(2)13-20-14-18-10-7-11-21-19(18)12-16(3)17-8-5-4-6-9-17/h4-6,8-9,15-16,18-20H,7,10-14H2,1-3H3. The van der Waals surface area contributed by atoms with E-state index in [-0.39, 0.29) is 0 Å². The van der Waals surface area contributed by atoms with E-state index in [1.54, 1.807) is 0 Å². The Bertz CT molecular complexity index is 390. The molecule has 0 spiro atoms. The average Bonchev–Trinajstić information content (AvgIpc) is 2.49. The summed E-state index contributed by atoms with van der Waals surface area (Å²) in [6.45, 7) is 10.00. The summed E-state index contributed by atoms with van der Waals surface area (Å²) in [7, 11) is 0. The molecule has 0 radical (unpaired) electrons. The first-order valence-electron chi connectivity index (χ1n) is 8.54. The lowest BCUT2D eigenvalue weighted by Crippen LogP contribution is -2.38. The molecule has 118 valence electrons. The lowest BCUT2D eigenvalue weighted by Gasteiger charge is -2.34. The van der Waals surface area contributed by atoms with Crippen molar-refractivity contribution >= 4 is 0 Å². The molecule has 0 amide bonds. The van der Waals surface area contributed by atoms with Crippen molar-refractivity contribution in [2.75, 3.05) is 19.7 Å². The molecule has 2 heteroatoms. The third kappa shape index (κ3) is 5.44. The van der Waals surface area contributed by atoms with E-state index in [0.717, 1.165) is 32.0 Å². The summed E-state index contributed by atoms with van der Waals surface area (Å²) in [5.41, 5.74) is 1.43. The highest BCUT2D eigenvalue weighted by molar-refractivity contribution is 5.18. The molecule has 21 heavy (non-hydrogen) atoms. The second kappa shape index (κ2) is 8.55. The van der Waals surface area contributed by atoms with E-state index in [9.17, 15) is 0 Å². The van der Waals surface area contributed by atoms with Gasteiger partial charge >= 0.3 is 0 Å². The van der Waals surface area contributed by atoms with Gasteiger partial charge in [0.1, 0.15) is 0 Å². The highest BCUT2D eigenvalue weighted by atomic mass is 16.5. The van der Waals surface area contributed by atoms with Gasteiger partial charge in [-0.1, -0.05) is 51.1 Å². The molecule has 1 aromatic carbocycles. The topological polar surface area (TPSA) is 21.3 Å². The SMILES string of the molecule is CC(C)CNCC1CCCOC1CC(C)c1ccccc1. The summed E-state index contributed by atoms with van der Waals surface area (Å²) in [6.07, 6.45) is 4.06. The van der Waals surface area contributed by atoms with E-state index in [1.165, 1.54) is 18.4 Å². The Morgan fingerprint density at radius 1 is 1.19 bits per heavy atom. The monoisotopic (exact) mass is 289 g/mol. The minimum Gasteiger partial charge on any atom is -0.378 e. The number of ether oxygens (including phenoxy) is 1. The summed E-state index contributed by atoms with van der Waals surface area (Å²) in [5, 5.41) is 3.62. The van der Waals surface area contributed by atoms with E-state index < -0.39 is 0 Å². The fraction of sp³-hybridized carbons (Fsp3) is 0.684. The summed E-state index contributed by atoms with van der Waals surface area (Å²) in [4.78, 5) is 0. The van der Waals surface area contributed by atoms with Crippen molar-refractivity contribution < 1.29 is 4.74 Å². The molecule has 1 heterocycles. The van der Waals surface area contributed by atoms with E-state index in [2.05, 4.69) is 56.4 Å². The lowest BCUT2D eigenvalue weighted by molar-refractivity contribution is -0.0331. The molecule has 0 saturated carbocycles. The zero-order valence-corrected chi connectivity index (χ0v) is 13.8. The maximum atomic E-state index is 6.10. The Labute approximate surface area is 130 Å². The summed E-state index contributed by atoms with van der Waals surface area (Å²) < 4.78 is 6.10. The quantitative estimate of drug-likeness (QED) is 0.811. The van der Waals surface area contributed by atoms with Gasteiger partial charge in [-0.15, -0.1) is 0 Å². The van der Waals surface area contributed by atoms with Gasteiger partial charge in [0.25, 0.3) is 0 Å². The molecule has 3 atom stereocenters. The van der Waals surface area contributed by atoms with Crippen LogP contribution in [0.25, 0.3) is 0 Å². The third-order valence-corrected chi connectivity index (χ3v) is 4.49. The largest absolute Gasteiger partial charge is 0.378 e. The Morgan fingerprint density at radius 2 is 1.95 bits per heavy atom. The zero-order chi connectivity index (χ0) is 15.1. The molecule has 0 bridgehead atoms. The van der Waals surface area contributed by atoms with Crippen LogP contribution in [0.1, 0.15) is 51.5 Å². The minimum absolute atomic E-state index is 0.411. The Hall–Kier alpha value is -0.860. The maximum absolute atomic E-state index is 6.10. The first kappa shape index (κ1) is 16.5. The fourth-order valence-electron chi connectivity index (χ4n) is 3.22. The Morgan fingerprint density at radius 3 is 2.67 bits per heavy atom. The van der Waals surface area contributed by atoms with Crippen molar-refractivity contribution in [2.24, 2.45) is 11.8 Å². The van der Waals surface area contributed by atoms with E-state index in [4.69, 9.17) is 4.74 Å². The molecule has 2 nitrogen and oxygen atoms in total. The van der Waals surface area contributed by atoms with Gasteiger partial charge in [-0.3, -0.25) is 0 Å². The highest BCUT2D eigenvalue weighted by Gasteiger charge is 2.27. The van der Waals surface area contributed by atoms with Crippen LogP contribution in [0.2, 0.25) is 0 Å². The number of hydrogen-bond acceptors (Lipinski definition) is 2. The molecule has 1 aromatic rings. The highest BCUT2D eigenvalue weighted by Crippen LogP contribution is 2.29. The minimum atomic E-state index is 0.411. The molecule has 1 aliphatic heterocycles. The molecule has 2 rings (SSSR count). The third-order valence-electron chi connectivity index (χ3n) is 4.49. The normalized spacial score (nSPS) is 24.2. The van der Waals surface area contributed by atoms with Crippen molar-refractivity contribution in [1.82, 2.24) is 5.32 Å². The Kier molecular flexibility index (Phi) is 6.72. The van der Waals surface area contributed by atoms with Gasteiger partial charge in [-0.05, 0) is 49.1 Å². The van der Waals surface area contributed by atoms with Crippen LogP contribution in [-0.4, -0.2) is 25.8 Å². The van der Waals surface area contributed by atoms with Crippen molar-refractivity contribution in [1.29, 1.82) is 0 Å². The molecule has 1 fully saturated rings. The van der Waals surface area contributed by atoms with Crippen LogP contribution in [-0.2, 0) is 4.74 Å². The van der Waals surface area contributed by atoms with Crippen LogP contribution >= 0.6 is 0 Å². The molecule has 3 unspecified atom stereocenters. The molecule has 1 aliphatic rings. The molecule has 1 N–H and O–H groups in total. The molecule has 1 saturated heterocycles. The smallest absolute Gasteiger partial charge is 0.0621 e. The van der Waals surface area contributed by atoms with E-state index >= 15 is 0 Å². The van der Waals surface area contributed by atoms with Gasteiger partial charge in [0.05, 0.1) is 6.10 Å². The predicted molar refractivity (Wildman–Crippen MR) is 89.6 cm³/mol. The van der Waals surface area contributed by atoms with E-state index in [1.807, 2.05) is 0 Å². The van der Waals surface area contributed by atoms with Gasteiger partial charge in [-0.25, -0.2) is 0 Å². The van der Waals surface area contributed by atoms with Gasteiger partial charge < -0.3 is 10.1 Å². The number of benzene rings is 1. The van der Waals surface area contributed by atoms with Crippen LogP contribution in [0, 0.1) is 11.8 Å². The first-order chi connectivity index (χ1) is 10.2. The molecule has 0 aromatic heterocycles. The van der Waals surface area contributed by atoms with Crippen LogP contribution in [0.3, 0.4) is 0 Å². The van der Waals surface area contributed by atoms with Gasteiger partial charge in [0.2, 0.25) is 0 Å². The van der Waals surface area contributed by atoms with Crippen LogP contribution < -0.4 is 5.32 Å². The summed E-state index contributed by atoms with van der Waals surface area (Å²) in [6, 6.07) is 10.8. The van der Waals surface area contributed by atoms with Crippen LogP contribution in [0.5, 0.6) is 0 Å². The van der Waals surface area contributed by atoms with E-state index in [0.29, 0.717) is 17.9 Å². The van der Waals surface area contributed by atoms with Crippen LogP contribution in [0.4, 0.5) is 0 Å². The second-order valence-electron chi connectivity index (χ2n) is 6.91. The van der Waals surface area contributed by atoms with Crippen LogP contribution in [0.15, 0.2) is 30.3 Å². The van der Waals surface area contributed by atoms with Crippen molar-refractivity contribution in [3.05, 3.63) is 35.9 Å². The fourth-order valence-corrected chi connectivity index (χ4v) is 3.22. The maximum Gasteiger partial charge on any atom is 0.0621 e. The predicted octanol–water partition coefficient (Wildman–Crippen LogP) is 4.22. The second-order valence-corrected chi connectivity index (χ2v) is 6.91. The summed E-state index contributed by atoms with van der Waals surface area (Å²) in [5.74, 6) is 1.96. The van der Waals surface area contributed by atoms with Crippen molar-refractivity contribution in [3.8, 4) is 0 Å². The molecular formula is C19H31NO. The molecule has 0 aliphatic carbocycles. The van der Waals surface area contributed by atoms with Gasteiger partial charge in [0, 0.05) is 13.2 Å². The van der Waals surface area contributed by atoms with Gasteiger partial charge in [-0.2, -0.15) is 0 Å². The Balaban J connectivity index is 1.86. The number of hydrogen-bond donors (Lipinski definition) is 1. The lowest BCUT2D eigenvalue weighted by atomic mass is 9.85. The number of rotatable bonds is 7. The first-order valence-corrected chi connectivity index (χ1v) is 8.54. The number of nitrogens with one attached hydrogen (secondary N) is 1. The van der Waals surface area contributed by atoms with Gasteiger partial charge in [0.15, 0.2) is 0 Å². The molecular weight excluding hydrogens is 258 g/mol. The van der Waals surface area contributed by atoms with Crippen molar-refractivity contribution in [2.45, 2.75) is 52.1 Å². The van der Waals surface area contributed by atoms with Crippen molar-refractivity contribution in [3.63, 3.8) is 0 Å². The summed E-state index contributed by atoms with van der Waals surface area (Å²) >= 11 is 0. The zero-order valence-electron chi connectivity index (χ0n) is 13.8.